The zero-order valence-corrected chi connectivity index (χ0v) is 24.8. The van der Waals surface area contributed by atoms with Crippen LogP contribution in [0.5, 0.6) is 0 Å². The molecule has 2 saturated carbocycles. The summed E-state index contributed by atoms with van der Waals surface area (Å²) in [7, 11) is -6.82. The van der Waals surface area contributed by atoms with Gasteiger partial charge in [-0.1, -0.05) is 35.4 Å². The minimum absolute atomic E-state index is 0.219. The van der Waals surface area contributed by atoms with Gasteiger partial charge in [0.2, 0.25) is 20.0 Å². The first kappa shape index (κ1) is 29.1. The van der Waals surface area contributed by atoms with E-state index in [1.165, 1.54) is 0 Å². The maximum atomic E-state index is 12.6. The van der Waals surface area contributed by atoms with E-state index in [2.05, 4.69) is 0 Å². The third-order valence-electron chi connectivity index (χ3n) is 8.97. The predicted octanol–water partition coefficient (Wildman–Crippen LogP) is 3.97. The average molecular weight is 587 g/mol. The molecule has 2 saturated heterocycles. The fraction of sp³-hybridized carbons (Fsp3) is 0.533. The number of sulfonamides is 2. The second-order valence-corrected chi connectivity index (χ2v) is 15.7. The number of fused-ring (bicyclic) bond motifs is 2. The molecule has 2 aliphatic carbocycles. The highest BCUT2D eigenvalue weighted by Gasteiger charge is 2.43. The van der Waals surface area contributed by atoms with Gasteiger partial charge in [-0.3, -0.25) is 9.59 Å². The number of carbonyl (C=O) groups excluding carboxylic acids is 2. The summed E-state index contributed by atoms with van der Waals surface area (Å²) in [5.74, 6) is 1.70. The number of hydrogen-bond acceptors (Lipinski definition) is 6. The molecular formula is C30H38N2O6S2. The standard InChI is InChI=1S/2C15H19NO3S/c2*1-11-2-6-15(7-3-11)20(18,19)16-9-12-4-5-14(17)8-13(12)10-16/h2*2-3,6-7,12-13H,4-5,8-10H2,1H3/t2*12-,13-/m10/s1. The molecule has 216 valence electrons. The first-order valence-electron chi connectivity index (χ1n) is 14.1. The van der Waals surface area contributed by atoms with Crippen LogP contribution < -0.4 is 0 Å². The summed E-state index contributed by atoms with van der Waals surface area (Å²) in [4.78, 5) is 23.7. The molecule has 4 atom stereocenters. The highest BCUT2D eigenvalue weighted by atomic mass is 32.2. The Bertz CT molecular complexity index is 1360. The molecule has 0 amide bonds. The SMILES string of the molecule is Cc1ccc(S(=O)(=O)N2C[C@@H]3CCC(=O)C[C@H]3C2)cc1.Cc1ccc(S(=O)(=O)N2C[C@H]3CCC(=O)C[C@@H]3C2)cc1. The number of Topliss-reactive ketones (excluding diaryl/α,β-unsaturated/α-hetero) is 2. The number of carbonyl (C=O) groups is 2. The first-order chi connectivity index (χ1) is 18.9. The van der Waals surface area contributed by atoms with Gasteiger partial charge in [-0.2, -0.15) is 8.61 Å². The van der Waals surface area contributed by atoms with E-state index in [1.807, 2.05) is 38.1 Å². The van der Waals surface area contributed by atoms with Crippen molar-refractivity contribution in [3.63, 3.8) is 0 Å². The van der Waals surface area contributed by atoms with E-state index in [-0.39, 0.29) is 23.4 Å². The van der Waals surface area contributed by atoms with Gasteiger partial charge in [0, 0.05) is 51.9 Å². The molecular weight excluding hydrogens is 548 g/mol. The average Bonchev–Trinajstić information content (AvgIpc) is 3.54. The second kappa shape index (κ2) is 11.5. The van der Waals surface area contributed by atoms with Gasteiger partial charge in [0.05, 0.1) is 9.79 Å². The van der Waals surface area contributed by atoms with E-state index in [4.69, 9.17) is 0 Å². The third kappa shape index (κ3) is 6.10. The highest BCUT2D eigenvalue weighted by molar-refractivity contribution is 7.89. The number of ketones is 2. The molecule has 0 bridgehead atoms. The second-order valence-electron chi connectivity index (χ2n) is 11.9. The minimum atomic E-state index is -3.41. The van der Waals surface area contributed by atoms with Crippen LogP contribution in [0.3, 0.4) is 0 Å². The van der Waals surface area contributed by atoms with Crippen molar-refractivity contribution in [1.29, 1.82) is 0 Å². The van der Waals surface area contributed by atoms with Gasteiger partial charge in [0.15, 0.2) is 0 Å². The number of nitrogens with zero attached hydrogens (tertiary/aromatic N) is 2. The quantitative estimate of drug-likeness (QED) is 0.537. The maximum Gasteiger partial charge on any atom is 0.243 e. The molecule has 2 aliphatic heterocycles. The Morgan fingerprint density at radius 2 is 0.875 bits per heavy atom. The highest BCUT2D eigenvalue weighted by Crippen LogP contribution is 2.38. The summed E-state index contributed by atoms with van der Waals surface area (Å²) in [6.45, 7) is 5.99. The Labute approximate surface area is 237 Å². The molecule has 6 rings (SSSR count). The first-order valence-corrected chi connectivity index (χ1v) is 17.0. The number of benzene rings is 2. The number of rotatable bonds is 4. The molecule has 0 N–H and O–H groups in total. The van der Waals surface area contributed by atoms with E-state index >= 15 is 0 Å². The van der Waals surface area contributed by atoms with Crippen LogP contribution in [0.4, 0.5) is 0 Å². The van der Waals surface area contributed by atoms with E-state index in [0.29, 0.717) is 73.5 Å². The summed E-state index contributed by atoms with van der Waals surface area (Å²) < 4.78 is 53.6. The van der Waals surface area contributed by atoms with Gasteiger partial charge in [-0.05, 0) is 74.6 Å². The van der Waals surface area contributed by atoms with Crippen molar-refractivity contribution < 1.29 is 26.4 Å². The van der Waals surface area contributed by atoms with Crippen LogP contribution in [0.25, 0.3) is 0 Å². The Morgan fingerprint density at radius 3 is 1.23 bits per heavy atom. The molecule has 10 heteroatoms. The molecule has 2 aromatic rings. The van der Waals surface area contributed by atoms with E-state index in [1.54, 1.807) is 32.9 Å². The Kier molecular flexibility index (Phi) is 8.34. The molecule has 0 spiro atoms. The van der Waals surface area contributed by atoms with Gasteiger partial charge in [-0.25, -0.2) is 16.8 Å². The number of aryl methyl sites for hydroxylation is 2. The summed E-state index contributed by atoms with van der Waals surface area (Å²) in [6, 6.07) is 13.9. The molecule has 0 aromatic heterocycles. The normalized spacial score (nSPS) is 27.6. The fourth-order valence-corrected chi connectivity index (χ4v) is 9.61. The molecule has 2 heterocycles. The minimum Gasteiger partial charge on any atom is -0.300 e. The van der Waals surface area contributed by atoms with Crippen LogP contribution in [-0.4, -0.2) is 63.2 Å². The molecule has 8 nitrogen and oxygen atoms in total. The van der Waals surface area contributed by atoms with Crippen molar-refractivity contribution in [2.45, 2.75) is 62.2 Å². The number of hydrogen-bond donors (Lipinski definition) is 0. The summed E-state index contributed by atoms with van der Waals surface area (Å²) in [5, 5.41) is 0. The Balaban J connectivity index is 0.000000161. The lowest BCUT2D eigenvalue weighted by atomic mass is 9.81. The van der Waals surface area contributed by atoms with Crippen molar-refractivity contribution in [2.75, 3.05) is 26.2 Å². The van der Waals surface area contributed by atoms with Crippen molar-refractivity contribution in [3.8, 4) is 0 Å². The molecule has 0 unspecified atom stereocenters. The van der Waals surface area contributed by atoms with E-state index in [0.717, 1.165) is 24.0 Å². The van der Waals surface area contributed by atoms with Crippen molar-refractivity contribution >= 4 is 31.6 Å². The van der Waals surface area contributed by atoms with E-state index in [9.17, 15) is 26.4 Å². The van der Waals surface area contributed by atoms with Crippen LogP contribution >= 0.6 is 0 Å². The summed E-state index contributed by atoms with van der Waals surface area (Å²) >= 11 is 0. The van der Waals surface area contributed by atoms with E-state index < -0.39 is 20.0 Å². The largest absolute Gasteiger partial charge is 0.300 e. The summed E-state index contributed by atoms with van der Waals surface area (Å²) in [5.41, 5.74) is 2.09. The molecule has 2 aromatic carbocycles. The van der Waals surface area contributed by atoms with Crippen LogP contribution in [-0.2, 0) is 29.6 Å². The molecule has 0 radical (unpaired) electrons. The van der Waals surface area contributed by atoms with Crippen LogP contribution in [0, 0.1) is 37.5 Å². The Morgan fingerprint density at radius 1 is 0.550 bits per heavy atom. The predicted molar refractivity (Wildman–Crippen MR) is 152 cm³/mol. The topological polar surface area (TPSA) is 109 Å². The lowest BCUT2D eigenvalue weighted by Crippen LogP contribution is -2.29. The van der Waals surface area contributed by atoms with Crippen molar-refractivity contribution in [2.24, 2.45) is 23.7 Å². The van der Waals surface area contributed by atoms with Gasteiger partial charge in [0.25, 0.3) is 0 Å². The van der Waals surface area contributed by atoms with Crippen molar-refractivity contribution in [1.82, 2.24) is 8.61 Å². The zero-order chi connectivity index (χ0) is 28.7. The van der Waals surface area contributed by atoms with Gasteiger partial charge < -0.3 is 0 Å². The molecule has 4 fully saturated rings. The van der Waals surface area contributed by atoms with Crippen molar-refractivity contribution in [3.05, 3.63) is 59.7 Å². The van der Waals surface area contributed by atoms with Gasteiger partial charge in [-0.15, -0.1) is 0 Å². The van der Waals surface area contributed by atoms with Gasteiger partial charge in [0.1, 0.15) is 11.6 Å². The molecule has 40 heavy (non-hydrogen) atoms. The zero-order valence-electron chi connectivity index (χ0n) is 23.2. The Hall–Kier alpha value is -2.40. The third-order valence-corrected chi connectivity index (χ3v) is 12.7. The lowest BCUT2D eigenvalue weighted by Gasteiger charge is -2.22. The fourth-order valence-electron chi connectivity index (χ4n) is 6.50. The van der Waals surface area contributed by atoms with Crippen LogP contribution in [0.1, 0.15) is 49.7 Å². The summed E-state index contributed by atoms with van der Waals surface area (Å²) in [6.07, 6.45) is 3.99. The van der Waals surface area contributed by atoms with Crippen LogP contribution in [0.2, 0.25) is 0 Å². The van der Waals surface area contributed by atoms with Crippen LogP contribution in [0.15, 0.2) is 58.3 Å². The van der Waals surface area contributed by atoms with Gasteiger partial charge >= 0.3 is 0 Å². The lowest BCUT2D eigenvalue weighted by molar-refractivity contribution is -0.122. The maximum absolute atomic E-state index is 12.6. The smallest absolute Gasteiger partial charge is 0.243 e. The molecule has 4 aliphatic rings. The monoisotopic (exact) mass is 586 g/mol.